The Labute approximate surface area is 124 Å². The van der Waals surface area contributed by atoms with E-state index in [1.165, 1.54) is 0 Å². The van der Waals surface area contributed by atoms with Gasteiger partial charge in [-0.1, -0.05) is 29.8 Å². The first-order valence-corrected chi connectivity index (χ1v) is 7.50. The molecule has 0 radical (unpaired) electrons. The van der Waals surface area contributed by atoms with Gasteiger partial charge in [0.15, 0.2) is 0 Å². The highest BCUT2D eigenvalue weighted by atomic mass is 79.9. The second kappa shape index (κ2) is 7.88. The Kier molecular flexibility index (Phi) is 6.83. The molecule has 0 aliphatic rings. The molecular weight excluding hydrogens is 306 g/mol. The number of benzene rings is 1. The average molecular weight is 330 g/mol. The standard InChI is InChI=1S/C15H24BrNO2/c1-12(2)10-15(3,18)11-17-8-9-19-14-6-4-13(16)5-7-14/h4-7,12,17-18H,8-11H2,1-3H3. The third kappa shape index (κ3) is 7.55. The third-order valence-electron chi connectivity index (χ3n) is 2.72. The topological polar surface area (TPSA) is 41.5 Å². The maximum Gasteiger partial charge on any atom is 0.119 e. The highest BCUT2D eigenvalue weighted by molar-refractivity contribution is 9.10. The van der Waals surface area contributed by atoms with Crippen molar-refractivity contribution in [2.24, 2.45) is 5.92 Å². The smallest absolute Gasteiger partial charge is 0.119 e. The van der Waals surface area contributed by atoms with Crippen LogP contribution in [0.2, 0.25) is 0 Å². The highest BCUT2D eigenvalue weighted by Crippen LogP contribution is 2.16. The zero-order chi connectivity index (χ0) is 14.3. The number of ether oxygens (including phenoxy) is 1. The first-order valence-electron chi connectivity index (χ1n) is 6.70. The van der Waals surface area contributed by atoms with Crippen molar-refractivity contribution in [1.82, 2.24) is 5.32 Å². The molecule has 0 aliphatic heterocycles. The zero-order valence-corrected chi connectivity index (χ0v) is 13.5. The Bertz CT molecular complexity index is 363. The van der Waals surface area contributed by atoms with E-state index in [4.69, 9.17) is 4.74 Å². The van der Waals surface area contributed by atoms with Crippen molar-refractivity contribution in [3.63, 3.8) is 0 Å². The molecule has 1 unspecified atom stereocenters. The molecule has 0 bridgehead atoms. The average Bonchev–Trinajstić information content (AvgIpc) is 2.29. The van der Waals surface area contributed by atoms with Gasteiger partial charge in [0.1, 0.15) is 12.4 Å². The predicted molar refractivity (Wildman–Crippen MR) is 82.6 cm³/mol. The molecular formula is C15H24BrNO2. The van der Waals surface area contributed by atoms with Gasteiger partial charge in [0.05, 0.1) is 5.60 Å². The highest BCUT2D eigenvalue weighted by Gasteiger charge is 2.20. The SMILES string of the molecule is CC(C)CC(C)(O)CNCCOc1ccc(Br)cc1. The van der Waals surface area contributed by atoms with Crippen LogP contribution in [0.25, 0.3) is 0 Å². The molecule has 1 aromatic rings. The van der Waals surface area contributed by atoms with Gasteiger partial charge in [-0.25, -0.2) is 0 Å². The van der Waals surface area contributed by atoms with Gasteiger partial charge in [-0.3, -0.25) is 0 Å². The fraction of sp³-hybridized carbons (Fsp3) is 0.600. The van der Waals surface area contributed by atoms with Crippen LogP contribution in [0.5, 0.6) is 5.75 Å². The Morgan fingerprint density at radius 1 is 1.32 bits per heavy atom. The van der Waals surface area contributed by atoms with Crippen LogP contribution < -0.4 is 10.1 Å². The van der Waals surface area contributed by atoms with Crippen LogP contribution >= 0.6 is 15.9 Å². The van der Waals surface area contributed by atoms with Gasteiger partial charge in [0, 0.05) is 17.6 Å². The molecule has 1 rings (SSSR count). The molecule has 0 fully saturated rings. The van der Waals surface area contributed by atoms with E-state index in [0.717, 1.165) is 23.2 Å². The summed E-state index contributed by atoms with van der Waals surface area (Å²) < 4.78 is 6.64. The fourth-order valence-corrected chi connectivity index (χ4v) is 2.35. The summed E-state index contributed by atoms with van der Waals surface area (Å²) in [5.41, 5.74) is -0.647. The molecule has 0 saturated heterocycles. The van der Waals surface area contributed by atoms with Crippen molar-refractivity contribution in [3.8, 4) is 5.75 Å². The minimum absolute atomic E-state index is 0.496. The number of aliphatic hydroxyl groups is 1. The van der Waals surface area contributed by atoms with E-state index in [1.54, 1.807) is 0 Å². The van der Waals surface area contributed by atoms with E-state index in [0.29, 0.717) is 19.1 Å². The van der Waals surface area contributed by atoms with Crippen LogP contribution in [0.1, 0.15) is 27.2 Å². The number of nitrogens with one attached hydrogen (secondary N) is 1. The molecule has 0 saturated carbocycles. The summed E-state index contributed by atoms with van der Waals surface area (Å²) in [5, 5.41) is 13.4. The van der Waals surface area contributed by atoms with Gasteiger partial charge >= 0.3 is 0 Å². The van der Waals surface area contributed by atoms with Gasteiger partial charge in [-0.05, 0) is 43.5 Å². The summed E-state index contributed by atoms with van der Waals surface area (Å²) in [5.74, 6) is 1.36. The van der Waals surface area contributed by atoms with Gasteiger partial charge in [-0.15, -0.1) is 0 Å². The summed E-state index contributed by atoms with van der Waals surface area (Å²) in [6, 6.07) is 7.77. The third-order valence-corrected chi connectivity index (χ3v) is 3.24. The maximum atomic E-state index is 10.1. The number of hydrogen-bond donors (Lipinski definition) is 2. The second-order valence-electron chi connectivity index (χ2n) is 5.57. The lowest BCUT2D eigenvalue weighted by molar-refractivity contribution is 0.0380. The van der Waals surface area contributed by atoms with E-state index in [9.17, 15) is 5.11 Å². The van der Waals surface area contributed by atoms with Crippen LogP contribution in [-0.4, -0.2) is 30.4 Å². The minimum Gasteiger partial charge on any atom is -0.492 e. The molecule has 1 aromatic carbocycles. The lowest BCUT2D eigenvalue weighted by Crippen LogP contribution is -2.40. The Morgan fingerprint density at radius 2 is 1.95 bits per heavy atom. The zero-order valence-electron chi connectivity index (χ0n) is 11.9. The quantitative estimate of drug-likeness (QED) is 0.719. The molecule has 3 nitrogen and oxygen atoms in total. The van der Waals surface area contributed by atoms with E-state index in [-0.39, 0.29) is 0 Å². The second-order valence-corrected chi connectivity index (χ2v) is 6.49. The number of halogens is 1. The Hall–Kier alpha value is -0.580. The van der Waals surface area contributed by atoms with Crippen LogP contribution in [0.15, 0.2) is 28.7 Å². The molecule has 2 N–H and O–H groups in total. The van der Waals surface area contributed by atoms with Crippen LogP contribution in [0.4, 0.5) is 0 Å². The first-order chi connectivity index (χ1) is 8.89. The lowest BCUT2D eigenvalue weighted by atomic mass is 9.94. The van der Waals surface area contributed by atoms with Crippen molar-refractivity contribution >= 4 is 15.9 Å². The van der Waals surface area contributed by atoms with Crippen molar-refractivity contribution in [1.29, 1.82) is 0 Å². The van der Waals surface area contributed by atoms with Crippen LogP contribution in [-0.2, 0) is 0 Å². The number of rotatable bonds is 8. The molecule has 4 heteroatoms. The molecule has 0 heterocycles. The Balaban J connectivity index is 2.16. The van der Waals surface area contributed by atoms with Crippen molar-refractivity contribution in [2.45, 2.75) is 32.8 Å². The van der Waals surface area contributed by atoms with E-state index in [2.05, 4.69) is 35.1 Å². The molecule has 0 aliphatic carbocycles. The summed E-state index contributed by atoms with van der Waals surface area (Å²) in [7, 11) is 0. The molecule has 0 amide bonds. The van der Waals surface area contributed by atoms with Crippen molar-refractivity contribution in [3.05, 3.63) is 28.7 Å². The van der Waals surface area contributed by atoms with Gasteiger partial charge < -0.3 is 15.2 Å². The van der Waals surface area contributed by atoms with Crippen LogP contribution in [0, 0.1) is 5.92 Å². The maximum absolute atomic E-state index is 10.1. The molecule has 19 heavy (non-hydrogen) atoms. The summed E-state index contributed by atoms with van der Waals surface area (Å²) >= 11 is 3.38. The monoisotopic (exact) mass is 329 g/mol. The normalized spacial score (nSPS) is 14.4. The molecule has 108 valence electrons. The van der Waals surface area contributed by atoms with Crippen LogP contribution in [0.3, 0.4) is 0 Å². The largest absolute Gasteiger partial charge is 0.492 e. The Morgan fingerprint density at radius 3 is 2.53 bits per heavy atom. The van der Waals surface area contributed by atoms with Crippen molar-refractivity contribution < 1.29 is 9.84 Å². The summed E-state index contributed by atoms with van der Waals surface area (Å²) in [6.45, 7) is 8.02. The first kappa shape index (κ1) is 16.5. The van der Waals surface area contributed by atoms with Gasteiger partial charge in [-0.2, -0.15) is 0 Å². The molecule has 0 spiro atoms. The fourth-order valence-electron chi connectivity index (χ4n) is 2.08. The molecule has 1 atom stereocenters. The summed E-state index contributed by atoms with van der Waals surface area (Å²) in [4.78, 5) is 0. The van der Waals surface area contributed by atoms with Gasteiger partial charge in [0.2, 0.25) is 0 Å². The predicted octanol–water partition coefficient (Wildman–Crippen LogP) is 3.21. The van der Waals surface area contributed by atoms with E-state index in [1.807, 2.05) is 31.2 Å². The van der Waals surface area contributed by atoms with E-state index >= 15 is 0 Å². The van der Waals surface area contributed by atoms with Gasteiger partial charge in [0.25, 0.3) is 0 Å². The van der Waals surface area contributed by atoms with E-state index < -0.39 is 5.60 Å². The lowest BCUT2D eigenvalue weighted by Gasteiger charge is -2.25. The summed E-state index contributed by atoms with van der Waals surface area (Å²) in [6.07, 6.45) is 0.799. The number of hydrogen-bond acceptors (Lipinski definition) is 3. The minimum atomic E-state index is -0.647. The molecule has 0 aromatic heterocycles. The van der Waals surface area contributed by atoms with Crippen molar-refractivity contribution in [2.75, 3.05) is 19.7 Å².